The average molecular weight is 231 g/mol. The molecule has 0 saturated heterocycles. The summed E-state index contributed by atoms with van der Waals surface area (Å²) in [4.78, 5) is 11.1. The summed E-state index contributed by atoms with van der Waals surface area (Å²) in [5.41, 5.74) is 1.84. The lowest BCUT2D eigenvalue weighted by Crippen LogP contribution is -2.02. The molecule has 0 fully saturated rings. The summed E-state index contributed by atoms with van der Waals surface area (Å²) in [6, 6.07) is 5.62. The van der Waals surface area contributed by atoms with Crippen LogP contribution in [0.5, 0.6) is 0 Å². The highest BCUT2D eigenvalue weighted by molar-refractivity contribution is 6.35. The van der Waals surface area contributed by atoms with Crippen molar-refractivity contribution < 1.29 is 4.79 Å². The summed E-state index contributed by atoms with van der Waals surface area (Å²) < 4.78 is 0. The predicted octanol–water partition coefficient (Wildman–Crippen LogP) is 3.77. The standard InChI is InChI=1S/C11H12Cl2O/c1-3-8-4-5-9(10(12)6-8)11(13)7(2)14/h4-6,11H,3H2,1-2H3. The lowest BCUT2D eigenvalue weighted by atomic mass is 10.1. The molecule has 0 saturated carbocycles. The molecule has 0 aliphatic rings. The first-order valence-electron chi connectivity index (χ1n) is 4.49. The lowest BCUT2D eigenvalue weighted by molar-refractivity contribution is -0.116. The fourth-order valence-corrected chi connectivity index (χ4v) is 1.77. The van der Waals surface area contributed by atoms with Gasteiger partial charge in [0.05, 0.1) is 0 Å². The quantitative estimate of drug-likeness (QED) is 0.723. The van der Waals surface area contributed by atoms with E-state index in [2.05, 4.69) is 6.92 Å². The number of aryl methyl sites for hydroxylation is 1. The Balaban J connectivity index is 3.05. The second kappa shape index (κ2) is 4.81. The molecule has 0 bridgehead atoms. The van der Waals surface area contributed by atoms with E-state index in [-0.39, 0.29) is 5.78 Å². The molecule has 0 aromatic heterocycles. The fraction of sp³-hybridized carbons (Fsp3) is 0.364. The van der Waals surface area contributed by atoms with Crippen LogP contribution in [0.4, 0.5) is 0 Å². The average Bonchev–Trinajstić information content (AvgIpc) is 2.16. The molecule has 0 radical (unpaired) electrons. The summed E-state index contributed by atoms with van der Waals surface area (Å²) in [6.07, 6.45) is 0.924. The van der Waals surface area contributed by atoms with Gasteiger partial charge in [-0.2, -0.15) is 0 Å². The zero-order valence-corrected chi connectivity index (χ0v) is 9.69. The number of carbonyl (C=O) groups excluding carboxylic acids is 1. The van der Waals surface area contributed by atoms with E-state index in [1.165, 1.54) is 6.92 Å². The first-order chi connectivity index (χ1) is 6.56. The van der Waals surface area contributed by atoms with Crippen LogP contribution >= 0.6 is 23.2 Å². The van der Waals surface area contributed by atoms with Crippen LogP contribution in [0.1, 0.15) is 30.4 Å². The minimum Gasteiger partial charge on any atom is -0.298 e. The van der Waals surface area contributed by atoms with Crippen molar-refractivity contribution in [3.63, 3.8) is 0 Å². The second-order valence-corrected chi connectivity index (χ2v) is 4.03. The zero-order valence-electron chi connectivity index (χ0n) is 8.18. The van der Waals surface area contributed by atoms with Gasteiger partial charge in [-0.15, -0.1) is 11.6 Å². The Bertz CT molecular complexity index is 347. The van der Waals surface area contributed by atoms with Crippen LogP contribution in [-0.4, -0.2) is 5.78 Å². The molecule has 14 heavy (non-hydrogen) atoms. The van der Waals surface area contributed by atoms with E-state index >= 15 is 0 Å². The van der Waals surface area contributed by atoms with Crippen molar-refractivity contribution in [2.75, 3.05) is 0 Å². The van der Waals surface area contributed by atoms with E-state index in [0.29, 0.717) is 10.6 Å². The van der Waals surface area contributed by atoms with Crippen LogP contribution in [0.15, 0.2) is 18.2 Å². The molecule has 0 aliphatic carbocycles. The highest BCUT2D eigenvalue weighted by Crippen LogP contribution is 2.29. The lowest BCUT2D eigenvalue weighted by Gasteiger charge is -2.09. The summed E-state index contributed by atoms with van der Waals surface area (Å²) in [5, 5.41) is -0.0621. The molecular weight excluding hydrogens is 219 g/mol. The van der Waals surface area contributed by atoms with Crippen molar-refractivity contribution in [3.8, 4) is 0 Å². The molecule has 76 valence electrons. The Morgan fingerprint density at radius 1 is 1.50 bits per heavy atom. The van der Waals surface area contributed by atoms with Gasteiger partial charge in [-0.05, 0) is 30.5 Å². The van der Waals surface area contributed by atoms with Crippen LogP contribution in [0, 0.1) is 0 Å². The van der Waals surface area contributed by atoms with Crippen molar-refractivity contribution in [2.45, 2.75) is 25.6 Å². The van der Waals surface area contributed by atoms with Crippen LogP contribution < -0.4 is 0 Å². The van der Waals surface area contributed by atoms with Gasteiger partial charge in [0.1, 0.15) is 5.38 Å². The fourth-order valence-electron chi connectivity index (χ4n) is 1.22. The van der Waals surface area contributed by atoms with Gasteiger partial charge in [-0.1, -0.05) is 30.7 Å². The Kier molecular flexibility index (Phi) is 3.97. The topological polar surface area (TPSA) is 17.1 Å². The van der Waals surface area contributed by atoms with Crippen LogP contribution in [-0.2, 0) is 11.2 Å². The minimum absolute atomic E-state index is 0.0854. The summed E-state index contributed by atoms with van der Waals surface area (Å²) in [6.45, 7) is 3.51. The predicted molar refractivity (Wildman–Crippen MR) is 60.1 cm³/mol. The first kappa shape index (κ1) is 11.5. The summed E-state index contributed by atoms with van der Waals surface area (Å²) in [7, 11) is 0. The number of carbonyl (C=O) groups is 1. The number of hydrogen-bond donors (Lipinski definition) is 0. The number of hydrogen-bond acceptors (Lipinski definition) is 1. The van der Waals surface area contributed by atoms with Crippen molar-refractivity contribution >= 4 is 29.0 Å². The van der Waals surface area contributed by atoms with Crippen molar-refractivity contribution in [1.82, 2.24) is 0 Å². The number of rotatable bonds is 3. The number of alkyl halides is 1. The molecule has 0 aliphatic heterocycles. The van der Waals surface area contributed by atoms with Gasteiger partial charge < -0.3 is 0 Å². The molecule has 1 nitrogen and oxygen atoms in total. The maximum atomic E-state index is 11.1. The van der Waals surface area contributed by atoms with Gasteiger partial charge >= 0.3 is 0 Å². The van der Waals surface area contributed by atoms with E-state index in [9.17, 15) is 4.79 Å². The molecular formula is C11H12Cl2O. The third-order valence-corrected chi connectivity index (χ3v) is 2.97. The van der Waals surface area contributed by atoms with Crippen LogP contribution in [0.3, 0.4) is 0 Å². The number of Topliss-reactive ketones (excluding diaryl/α,β-unsaturated/α-hetero) is 1. The van der Waals surface area contributed by atoms with Crippen LogP contribution in [0.25, 0.3) is 0 Å². The van der Waals surface area contributed by atoms with Gasteiger partial charge in [0.25, 0.3) is 0 Å². The van der Waals surface area contributed by atoms with E-state index in [1.807, 2.05) is 18.2 Å². The summed E-state index contributed by atoms with van der Waals surface area (Å²) in [5.74, 6) is -0.0854. The third-order valence-electron chi connectivity index (χ3n) is 2.10. The minimum atomic E-state index is -0.631. The normalized spacial score (nSPS) is 12.6. The molecule has 1 aromatic rings. The maximum absolute atomic E-state index is 11.1. The molecule has 1 aromatic carbocycles. The number of halogens is 2. The van der Waals surface area contributed by atoms with E-state index in [4.69, 9.17) is 23.2 Å². The van der Waals surface area contributed by atoms with Gasteiger partial charge in [-0.3, -0.25) is 4.79 Å². The van der Waals surface area contributed by atoms with Crippen molar-refractivity contribution in [2.24, 2.45) is 0 Å². The van der Waals surface area contributed by atoms with Crippen LogP contribution in [0.2, 0.25) is 5.02 Å². The number of ketones is 1. The Morgan fingerprint density at radius 2 is 2.14 bits per heavy atom. The van der Waals surface area contributed by atoms with Gasteiger partial charge in [0.15, 0.2) is 5.78 Å². The summed E-state index contributed by atoms with van der Waals surface area (Å²) >= 11 is 11.9. The smallest absolute Gasteiger partial charge is 0.152 e. The monoisotopic (exact) mass is 230 g/mol. The molecule has 1 unspecified atom stereocenters. The van der Waals surface area contributed by atoms with E-state index in [0.717, 1.165) is 12.0 Å². The molecule has 1 rings (SSSR count). The Labute approximate surface area is 94.0 Å². The van der Waals surface area contributed by atoms with Crippen molar-refractivity contribution in [1.29, 1.82) is 0 Å². The van der Waals surface area contributed by atoms with E-state index in [1.54, 1.807) is 0 Å². The Morgan fingerprint density at radius 3 is 2.57 bits per heavy atom. The molecule has 0 heterocycles. The second-order valence-electron chi connectivity index (χ2n) is 3.18. The molecule has 3 heteroatoms. The van der Waals surface area contributed by atoms with Gasteiger partial charge in [0, 0.05) is 5.02 Å². The first-order valence-corrected chi connectivity index (χ1v) is 5.30. The number of benzene rings is 1. The highest BCUT2D eigenvalue weighted by atomic mass is 35.5. The third kappa shape index (κ3) is 2.49. The SMILES string of the molecule is CCc1ccc(C(Cl)C(C)=O)c(Cl)c1. The largest absolute Gasteiger partial charge is 0.298 e. The van der Waals surface area contributed by atoms with Gasteiger partial charge in [-0.25, -0.2) is 0 Å². The van der Waals surface area contributed by atoms with Crippen molar-refractivity contribution in [3.05, 3.63) is 34.3 Å². The molecule has 0 N–H and O–H groups in total. The maximum Gasteiger partial charge on any atom is 0.152 e. The molecule has 0 amide bonds. The van der Waals surface area contributed by atoms with E-state index < -0.39 is 5.38 Å². The zero-order chi connectivity index (χ0) is 10.7. The molecule has 0 spiro atoms. The van der Waals surface area contributed by atoms with Gasteiger partial charge in [0.2, 0.25) is 0 Å². The Hall–Kier alpha value is -0.530. The molecule has 1 atom stereocenters. The highest BCUT2D eigenvalue weighted by Gasteiger charge is 2.16.